The first kappa shape index (κ1) is 11.6. The highest BCUT2D eigenvalue weighted by Crippen LogP contribution is 2.52. The van der Waals surface area contributed by atoms with E-state index in [0.29, 0.717) is 0 Å². The molecule has 88 valence electrons. The fourth-order valence-electron chi connectivity index (χ4n) is 2.35. The fourth-order valence-corrected chi connectivity index (χ4v) is 4.24. The van der Waals surface area contributed by atoms with Crippen molar-refractivity contribution in [1.82, 2.24) is 0 Å². The molecular formula is C12H16O3S. The van der Waals surface area contributed by atoms with Crippen LogP contribution in [0, 0.1) is 5.92 Å². The zero-order valence-electron chi connectivity index (χ0n) is 9.20. The van der Waals surface area contributed by atoms with E-state index in [1.165, 1.54) is 0 Å². The molecule has 1 aliphatic rings. The summed E-state index contributed by atoms with van der Waals surface area (Å²) in [6, 6.07) is 9.57. The van der Waals surface area contributed by atoms with E-state index in [9.17, 15) is 13.5 Å². The second-order valence-electron chi connectivity index (χ2n) is 4.20. The van der Waals surface area contributed by atoms with Gasteiger partial charge in [-0.3, -0.25) is 0 Å². The molecule has 1 aromatic carbocycles. The number of hydrogen-bond donors (Lipinski definition) is 1. The van der Waals surface area contributed by atoms with Crippen molar-refractivity contribution in [1.29, 1.82) is 0 Å². The van der Waals surface area contributed by atoms with E-state index in [2.05, 4.69) is 0 Å². The molecule has 2 rings (SSSR count). The fraction of sp³-hybridized carbons (Fsp3) is 0.500. The van der Waals surface area contributed by atoms with Crippen molar-refractivity contribution >= 4 is 9.84 Å². The Morgan fingerprint density at radius 2 is 1.88 bits per heavy atom. The Bertz CT molecular complexity index is 452. The van der Waals surface area contributed by atoms with E-state index in [4.69, 9.17) is 0 Å². The van der Waals surface area contributed by atoms with Crippen LogP contribution in [0.25, 0.3) is 0 Å². The highest BCUT2D eigenvalue weighted by molar-refractivity contribution is 7.92. The molecular weight excluding hydrogens is 224 g/mol. The Balaban J connectivity index is 2.26. The van der Waals surface area contributed by atoms with Crippen LogP contribution in [0.1, 0.15) is 18.4 Å². The van der Waals surface area contributed by atoms with Crippen LogP contribution in [0.4, 0.5) is 0 Å². The lowest BCUT2D eigenvalue weighted by Crippen LogP contribution is -2.13. The van der Waals surface area contributed by atoms with Gasteiger partial charge in [0.25, 0.3) is 0 Å². The molecule has 0 radical (unpaired) electrons. The SMILES string of the molecule is CCS(=O)(=O)C1C(CO)C1c1ccccc1. The number of sulfone groups is 1. The molecule has 3 unspecified atom stereocenters. The molecule has 3 atom stereocenters. The topological polar surface area (TPSA) is 54.4 Å². The lowest BCUT2D eigenvalue weighted by molar-refractivity contribution is 0.274. The van der Waals surface area contributed by atoms with Crippen molar-refractivity contribution in [3.8, 4) is 0 Å². The molecule has 1 fully saturated rings. The molecule has 0 amide bonds. The van der Waals surface area contributed by atoms with Crippen molar-refractivity contribution in [2.45, 2.75) is 18.1 Å². The van der Waals surface area contributed by atoms with E-state index in [-0.39, 0.29) is 29.4 Å². The summed E-state index contributed by atoms with van der Waals surface area (Å²) in [5.41, 5.74) is 1.02. The molecule has 0 spiro atoms. The number of benzene rings is 1. The molecule has 0 heterocycles. The summed E-state index contributed by atoms with van der Waals surface area (Å²) < 4.78 is 23.6. The third kappa shape index (κ3) is 1.87. The quantitative estimate of drug-likeness (QED) is 0.860. The molecule has 1 aliphatic carbocycles. The van der Waals surface area contributed by atoms with Crippen molar-refractivity contribution in [3.63, 3.8) is 0 Å². The van der Waals surface area contributed by atoms with Gasteiger partial charge in [0.1, 0.15) is 0 Å². The monoisotopic (exact) mass is 240 g/mol. The minimum absolute atomic E-state index is 0.0175. The summed E-state index contributed by atoms with van der Waals surface area (Å²) in [4.78, 5) is 0. The second kappa shape index (κ2) is 4.18. The smallest absolute Gasteiger partial charge is 0.153 e. The van der Waals surface area contributed by atoms with Gasteiger partial charge < -0.3 is 5.11 Å². The van der Waals surface area contributed by atoms with Gasteiger partial charge in [0, 0.05) is 24.2 Å². The summed E-state index contributed by atoms with van der Waals surface area (Å²) in [7, 11) is -3.04. The lowest BCUT2D eigenvalue weighted by Gasteiger charge is -1.99. The number of hydrogen-bond acceptors (Lipinski definition) is 3. The van der Waals surface area contributed by atoms with Gasteiger partial charge in [0.05, 0.1) is 5.25 Å². The Hall–Kier alpha value is -0.870. The Kier molecular flexibility index (Phi) is 3.04. The number of rotatable bonds is 4. The standard InChI is InChI=1S/C12H16O3S/c1-2-16(14,15)12-10(8-13)11(12)9-6-4-3-5-7-9/h3-7,10-13H,2,8H2,1H3. The van der Waals surface area contributed by atoms with Crippen LogP contribution in [0.5, 0.6) is 0 Å². The first-order chi connectivity index (χ1) is 7.61. The van der Waals surface area contributed by atoms with Gasteiger partial charge in [0.2, 0.25) is 0 Å². The maximum atomic E-state index is 11.8. The molecule has 0 saturated heterocycles. The Morgan fingerprint density at radius 1 is 1.25 bits per heavy atom. The van der Waals surface area contributed by atoms with Crippen LogP contribution in [-0.4, -0.2) is 31.1 Å². The average molecular weight is 240 g/mol. The highest BCUT2D eigenvalue weighted by atomic mass is 32.2. The zero-order valence-corrected chi connectivity index (χ0v) is 10.0. The van der Waals surface area contributed by atoms with Crippen molar-refractivity contribution in [2.24, 2.45) is 5.92 Å². The lowest BCUT2D eigenvalue weighted by atomic mass is 10.1. The van der Waals surface area contributed by atoms with Gasteiger partial charge in [-0.2, -0.15) is 0 Å². The molecule has 0 bridgehead atoms. The van der Waals surface area contributed by atoms with Crippen molar-refractivity contribution < 1.29 is 13.5 Å². The molecule has 1 aromatic rings. The third-order valence-corrected chi connectivity index (χ3v) is 5.59. The minimum Gasteiger partial charge on any atom is -0.396 e. The summed E-state index contributed by atoms with van der Waals surface area (Å²) in [6.07, 6.45) is 0. The summed E-state index contributed by atoms with van der Waals surface area (Å²) in [5, 5.41) is 8.82. The molecule has 1 N–H and O–H groups in total. The van der Waals surface area contributed by atoms with Gasteiger partial charge in [-0.05, 0) is 5.56 Å². The molecule has 4 heteroatoms. The van der Waals surface area contributed by atoms with Crippen LogP contribution < -0.4 is 0 Å². The predicted molar refractivity (Wildman–Crippen MR) is 63.0 cm³/mol. The maximum absolute atomic E-state index is 11.8. The van der Waals surface area contributed by atoms with E-state index in [1.54, 1.807) is 6.92 Å². The van der Waals surface area contributed by atoms with E-state index in [0.717, 1.165) is 5.56 Å². The molecule has 0 aliphatic heterocycles. The minimum atomic E-state index is -3.04. The van der Waals surface area contributed by atoms with Gasteiger partial charge >= 0.3 is 0 Å². The normalized spacial score (nSPS) is 29.0. The van der Waals surface area contributed by atoms with Crippen LogP contribution in [0.15, 0.2) is 30.3 Å². The van der Waals surface area contributed by atoms with Crippen LogP contribution in [-0.2, 0) is 9.84 Å². The molecule has 0 aromatic heterocycles. The van der Waals surface area contributed by atoms with Crippen LogP contribution >= 0.6 is 0 Å². The largest absolute Gasteiger partial charge is 0.396 e. The van der Waals surface area contributed by atoms with Crippen molar-refractivity contribution in [3.05, 3.63) is 35.9 Å². The van der Waals surface area contributed by atoms with E-state index in [1.807, 2.05) is 30.3 Å². The van der Waals surface area contributed by atoms with Gasteiger partial charge in [-0.25, -0.2) is 8.42 Å². The molecule has 16 heavy (non-hydrogen) atoms. The van der Waals surface area contributed by atoms with Crippen LogP contribution in [0.2, 0.25) is 0 Å². The Morgan fingerprint density at radius 3 is 2.38 bits per heavy atom. The summed E-state index contributed by atoms with van der Waals surface area (Å²) >= 11 is 0. The zero-order chi connectivity index (χ0) is 11.8. The summed E-state index contributed by atoms with van der Waals surface area (Å²) in [6.45, 7) is 1.60. The summed E-state index contributed by atoms with van der Waals surface area (Å²) in [5.74, 6) is 0.0146. The number of aliphatic hydroxyl groups excluding tert-OH is 1. The van der Waals surface area contributed by atoms with Gasteiger partial charge in [0.15, 0.2) is 9.84 Å². The van der Waals surface area contributed by atoms with Gasteiger partial charge in [-0.1, -0.05) is 37.3 Å². The van der Waals surface area contributed by atoms with Gasteiger partial charge in [-0.15, -0.1) is 0 Å². The second-order valence-corrected chi connectivity index (χ2v) is 6.65. The first-order valence-corrected chi connectivity index (χ1v) is 7.20. The van der Waals surface area contributed by atoms with Crippen LogP contribution in [0.3, 0.4) is 0 Å². The third-order valence-electron chi connectivity index (χ3n) is 3.31. The maximum Gasteiger partial charge on any atom is 0.153 e. The van der Waals surface area contributed by atoms with Crippen molar-refractivity contribution in [2.75, 3.05) is 12.4 Å². The first-order valence-electron chi connectivity index (χ1n) is 5.49. The highest BCUT2D eigenvalue weighted by Gasteiger charge is 2.57. The molecule has 1 saturated carbocycles. The molecule has 3 nitrogen and oxygen atoms in total. The predicted octanol–water partition coefficient (Wildman–Crippen LogP) is 1.20. The Labute approximate surface area is 96.0 Å². The average Bonchev–Trinajstić information content (AvgIpc) is 3.05. The van der Waals surface area contributed by atoms with E-state index >= 15 is 0 Å². The number of aliphatic hydroxyl groups is 1. The van der Waals surface area contributed by atoms with E-state index < -0.39 is 9.84 Å².